The summed E-state index contributed by atoms with van der Waals surface area (Å²) >= 11 is 0. The van der Waals surface area contributed by atoms with E-state index in [1.165, 1.54) is 18.3 Å². The van der Waals surface area contributed by atoms with Gasteiger partial charge < -0.3 is 34.5 Å². The number of carbonyl (C=O) groups is 1. The van der Waals surface area contributed by atoms with Gasteiger partial charge in [-0.2, -0.15) is 0 Å². The number of pyridine rings is 3. The van der Waals surface area contributed by atoms with Crippen LogP contribution in [-0.4, -0.2) is 88.5 Å². The van der Waals surface area contributed by atoms with Gasteiger partial charge in [0.05, 0.1) is 40.9 Å². The smallest absolute Gasteiger partial charge is 0.341 e. The highest BCUT2D eigenvalue weighted by molar-refractivity contribution is 6.17. The van der Waals surface area contributed by atoms with Gasteiger partial charge in [-0.05, 0) is 46.1 Å². The average Bonchev–Trinajstić information content (AvgIpc) is 3.36. The van der Waals surface area contributed by atoms with Gasteiger partial charge >= 0.3 is 5.97 Å². The summed E-state index contributed by atoms with van der Waals surface area (Å²) in [5.41, 5.74) is 3.15. The first-order valence-corrected chi connectivity index (χ1v) is 14.1. The largest absolute Gasteiger partial charge is 0.477 e. The molecule has 224 valence electrons. The number of anilines is 2. The SMILES string of the molecule is CNc1cc(F)cc2c1[nH]c1ncc(-c3cnc4c(c3)c(=O)c(C(=O)O)cn4CC(C)(C)N(C)C)c(N3CCOCC3)c12. The number of rotatable bonds is 7. The first-order chi connectivity index (χ1) is 20.5. The number of nitrogens with zero attached hydrogens (tertiary/aromatic N) is 5. The number of hydrogen-bond acceptors (Lipinski definition) is 8. The molecule has 1 fully saturated rings. The van der Waals surface area contributed by atoms with Crippen molar-refractivity contribution in [1.29, 1.82) is 0 Å². The molecule has 5 heterocycles. The molecule has 0 bridgehead atoms. The van der Waals surface area contributed by atoms with E-state index in [2.05, 4.69) is 15.2 Å². The number of carboxylic acid groups (broad SMARTS) is 1. The van der Waals surface area contributed by atoms with Crippen molar-refractivity contribution >= 4 is 50.3 Å². The van der Waals surface area contributed by atoms with Crippen molar-refractivity contribution < 1.29 is 19.0 Å². The minimum Gasteiger partial charge on any atom is -0.477 e. The second kappa shape index (κ2) is 10.6. The number of hydrogen-bond donors (Lipinski definition) is 3. The van der Waals surface area contributed by atoms with Crippen LogP contribution in [0, 0.1) is 5.82 Å². The van der Waals surface area contributed by atoms with E-state index >= 15 is 0 Å². The molecule has 0 spiro atoms. The molecule has 1 saturated heterocycles. The maximum atomic E-state index is 14.8. The van der Waals surface area contributed by atoms with Gasteiger partial charge in [-0.3, -0.25) is 4.79 Å². The lowest BCUT2D eigenvalue weighted by Gasteiger charge is -2.33. The number of ether oxygens (including phenoxy) is 1. The van der Waals surface area contributed by atoms with Crippen LogP contribution in [0.4, 0.5) is 15.8 Å². The highest BCUT2D eigenvalue weighted by Gasteiger charge is 2.26. The van der Waals surface area contributed by atoms with E-state index in [0.29, 0.717) is 66.3 Å². The number of fused-ring (bicyclic) bond motifs is 4. The molecule has 1 aliphatic heterocycles. The Labute approximate surface area is 246 Å². The van der Waals surface area contributed by atoms with Crippen molar-refractivity contribution in [1.82, 2.24) is 24.4 Å². The number of aromatic amines is 1. The summed E-state index contributed by atoms with van der Waals surface area (Å²) in [7, 11) is 5.63. The molecule has 4 aromatic heterocycles. The quantitative estimate of drug-likeness (QED) is 0.257. The number of carboxylic acids is 1. The van der Waals surface area contributed by atoms with E-state index in [0.717, 1.165) is 16.6 Å². The standard InChI is InChI=1S/C31H34FN7O4/c1-31(2,37(4)5)16-39-15-22(30(41)42)27(40)20-10-17(13-35-29(20)39)21-14-34-28-24(26(21)38-6-8-43-9-7-38)19-11-18(32)12-23(33-3)25(19)36-28/h10-15,33H,6-9,16H2,1-5H3,(H,34,36)(H,41,42). The van der Waals surface area contributed by atoms with E-state index in [1.807, 2.05) is 32.8 Å². The molecule has 12 heteroatoms. The van der Waals surface area contributed by atoms with Gasteiger partial charge in [0.2, 0.25) is 5.43 Å². The van der Waals surface area contributed by atoms with Crippen LogP contribution in [0.3, 0.4) is 0 Å². The number of halogens is 1. The molecule has 11 nitrogen and oxygen atoms in total. The fraction of sp³-hybridized carbons (Fsp3) is 0.355. The van der Waals surface area contributed by atoms with Crippen LogP contribution in [-0.2, 0) is 11.3 Å². The Bertz CT molecular complexity index is 1960. The highest BCUT2D eigenvalue weighted by Crippen LogP contribution is 2.42. The predicted molar refractivity (Wildman–Crippen MR) is 166 cm³/mol. The lowest BCUT2D eigenvalue weighted by Crippen LogP contribution is -2.42. The topological polar surface area (TPSA) is 129 Å². The van der Waals surface area contributed by atoms with Gasteiger partial charge in [-0.25, -0.2) is 19.2 Å². The van der Waals surface area contributed by atoms with E-state index in [-0.39, 0.29) is 22.3 Å². The zero-order valence-corrected chi connectivity index (χ0v) is 24.8. The van der Waals surface area contributed by atoms with Crippen LogP contribution < -0.4 is 15.6 Å². The molecular weight excluding hydrogens is 553 g/mol. The fourth-order valence-electron chi connectivity index (χ4n) is 5.69. The summed E-state index contributed by atoms with van der Waals surface area (Å²) in [5, 5.41) is 14.6. The fourth-order valence-corrected chi connectivity index (χ4v) is 5.69. The number of aromatic carboxylic acids is 1. The van der Waals surface area contributed by atoms with Crippen LogP contribution in [0.25, 0.3) is 44.1 Å². The van der Waals surface area contributed by atoms with Crippen molar-refractivity contribution in [3.05, 3.63) is 58.4 Å². The van der Waals surface area contributed by atoms with Crippen molar-refractivity contribution in [2.24, 2.45) is 0 Å². The van der Waals surface area contributed by atoms with E-state index in [9.17, 15) is 19.1 Å². The molecule has 1 aromatic carbocycles. The third-order valence-corrected chi connectivity index (χ3v) is 8.49. The van der Waals surface area contributed by atoms with E-state index < -0.39 is 11.4 Å². The maximum absolute atomic E-state index is 14.8. The second-order valence-corrected chi connectivity index (χ2v) is 11.7. The first-order valence-electron chi connectivity index (χ1n) is 14.1. The van der Waals surface area contributed by atoms with Crippen LogP contribution in [0.5, 0.6) is 0 Å². The average molecular weight is 588 g/mol. The second-order valence-electron chi connectivity index (χ2n) is 11.7. The van der Waals surface area contributed by atoms with E-state index in [4.69, 9.17) is 14.7 Å². The Balaban J connectivity index is 1.64. The van der Waals surface area contributed by atoms with Crippen LogP contribution >= 0.6 is 0 Å². The van der Waals surface area contributed by atoms with Crippen LogP contribution in [0.1, 0.15) is 24.2 Å². The number of nitrogens with one attached hydrogen (secondary N) is 2. The first kappa shape index (κ1) is 28.6. The molecule has 0 amide bonds. The lowest BCUT2D eigenvalue weighted by molar-refractivity contribution is 0.0694. The highest BCUT2D eigenvalue weighted by atomic mass is 19.1. The van der Waals surface area contributed by atoms with Gasteiger partial charge in [-0.15, -0.1) is 0 Å². The molecule has 6 rings (SSSR count). The zero-order chi connectivity index (χ0) is 30.6. The van der Waals surface area contributed by atoms with Crippen molar-refractivity contribution in [3.8, 4) is 11.1 Å². The monoisotopic (exact) mass is 587 g/mol. The van der Waals surface area contributed by atoms with Gasteiger partial charge in [0.1, 0.15) is 22.7 Å². The van der Waals surface area contributed by atoms with Crippen molar-refractivity contribution in [2.45, 2.75) is 25.9 Å². The summed E-state index contributed by atoms with van der Waals surface area (Å²) in [6, 6.07) is 4.62. The van der Waals surface area contributed by atoms with Crippen molar-refractivity contribution in [3.63, 3.8) is 0 Å². The zero-order valence-electron chi connectivity index (χ0n) is 24.8. The normalized spacial score (nSPS) is 14.3. The molecule has 0 radical (unpaired) electrons. The summed E-state index contributed by atoms with van der Waals surface area (Å²) in [6.07, 6.45) is 4.77. The van der Waals surface area contributed by atoms with Crippen molar-refractivity contribution in [2.75, 3.05) is 57.7 Å². The van der Waals surface area contributed by atoms with Gasteiger partial charge in [0.25, 0.3) is 0 Å². The molecule has 0 aliphatic carbocycles. The molecule has 3 N–H and O–H groups in total. The Morgan fingerprint density at radius 2 is 1.91 bits per heavy atom. The maximum Gasteiger partial charge on any atom is 0.341 e. The number of benzene rings is 1. The van der Waals surface area contributed by atoms with Gasteiger partial charge in [0, 0.05) is 67.3 Å². The summed E-state index contributed by atoms with van der Waals surface area (Å²) in [6.45, 7) is 6.71. The van der Waals surface area contributed by atoms with Crippen LogP contribution in [0.2, 0.25) is 0 Å². The molecule has 43 heavy (non-hydrogen) atoms. The molecule has 0 unspecified atom stereocenters. The summed E-state index contributed by atoms with van der Waals surface area (Å²) in [4.78, 5) is 42.6. The lowest BCUT2D eigenvalue weighted by atomic mass is 10.0. The van der Waals surface area contributed by atoms with Crippen LogP contribution in [0.15, 0.2) is 41.6 Å². The number of morpholine rings is 1. The minimum atomic E-state index is -1.30. The molecular formula is C31H34FN7O4. The van der Waals surface area contributed by atoms with Gasteiger partial charge in [0.15, 0.2) is 0 Å². The third-order valence-electron chi connectivity index (χ3n) is 8.49. The summed E-state index contributed by atoms with van der Waals surface area (Å²) < 4.78 is 22.2. The minimum absolute atomic E-state index is 0.197. The molecule has 5 aromatic rings. The number of H-pyrrole nitrogens is 1. The Morgan fingerprint density at radius 3 is 2.58 bits per heavy atom. The third kappa shape index (κ3) is 4.86. The Morgan fingerprint density at radius 1 is 1.16 bits per heavy atom. The Hall–Kier alpha value is -4.55. The number of aromatic nitrogens is 4. The van der Waals surface area contributed by atoms with Gasteiger partial charge in [-0.1, -0.05) is 0 Å². The number of likely N-dealkylation sites (N-methyl/N-ethyl adjacent to an activating group) is 1. The predicted octanol–water partition coefficient (Wildman–Crippen LogP) is 4.15. The molecule has 1 aliphatic rings. The molecule has 0 saturated carbocycles. The van der Waals surface area contributed by atoms with E-state index in [1.54, 1.807) is 30.1 Å². The molecule has 0 atom stereocenters. The summed E-state index contributed by atoms with van der Waals surface area (Å²) in [5.74, 6) is -1.68. The Kier molecular flexibility index (Phi) is 7.05.